The predicted octanol–water partition coefficient (Wildman–Crippen LogP) is 3.17. The lowest BCUT2D eigenvalue weighted by molar-refractivity contribution is 0.0730. The van der Waals surface area contributed by atoms with Gasteiger partial charge in [0.1, 0.15) is 0 Å². The van der Waals surface area contributed by atoms with Crippen LogP contribution in [-0.2, 0) is 21.2 Å². The summed E-state index contributed by atoms with van der Waals surface area (Å²) in [6.07, 6.45) is 4.25. The molecule has 0 spiro atoms. The molecule has 0 atom stereocenters. The molecule has 0 saturated carbocycles. The molecule has 0 radical (unpaired) electrons. The lowest BCUT2D eigenvalue weighted by atomic mass is 10.1. The van der Waals surface area contributed by atoms with Gasteiger partial charge >= 0.3 is 0 Å². The summed E-state index contributed by atoms with van der Waals surface area (Å²) >= 11 is 0. The van der Waals surface area contributed by atoms with E-state index in [9.17, 15) is 13.2 Å². The second kappa shape index (κ2) is 8.61. The van der Waals surface area contributed by atoms with Crippen molar-refractivity contribution in [2.45, 2.75) is 18.2 Å². The quantitative estimate of drug-likeness (QED) is 0.566. The summed E-state index contributed by atoms with van der Waals surface area (Å²) < 4.78 is 31.8. The van der Waals surface area contributed by atoms with Crippen molar-refractivity contribution in [1.82, 2.24) is 4.31 Å². The highest BCUT2D eigenvalue weighted by atomic mass is 32.2. The van der Waals surface area contributed by atoms with Gasteiger partial charge in [-0.15, -0.1) is 0 Å². The predicted molar refractivity (Wildman–Crippen MR) is 105 cm³/mol. The molecule has 1 fully saturated rings. The Labute approximate surface area is 160 Å². The highest BCUT2D eigenvalue weighted by Crippen LogP contribution is 2.18. The van der Waals surface area contributed by atoms with Gasteiger partial charge in [-0.05, 0) is 47.9 Å². The topological polar surface area (TPSA) is 63.7 Å². The van der Waals surface area contributed by atoms with Gasteiger partial charge in [-0.25, -0.2) is 8.42 Å². The molecular weight excluding hydrogens is 362 g/mol. The van der Waals surface area contributed by atoms with E-state index in [1.807, 2.05) is 24.3 Å². The molecule has 5 nitrogen and oxygen atoms in total. The fourth-order valence-electron chi connectivity index (χ4n) is 2.86. The van der Waals surface area contributed by atoms with E-state index < -0.39 is 10.0 Å². The number of ether oxygens (including phenoxy) is 1. The van der Waals surface area contributed by atoms with Crippen LogP contribution in [0.1, 0.15) is 28.4 Å². The van der Waals surface area contributed by atoms with Gasteiger partial charge in [0, 0.05) is 18.7 Å². The maximum atomic E-state index is 12.6. The average molecular weight is 385 g/mol. The van der Waals surface area contributed by atoms with Gasteiger partial charge in [0.15, 0.2) is 5.78 Å². The maximum Gasteiger partial charge on any atom is 0.243 e. The van der Waals surface area contributed by atoms with Crippen molar-refractivity contribution in [3.05, 3.63) is 71.3 Å². The standard InChI is InChI=1S/C21H23NO4S/c1-2-17-3-5-18(6-4-17)7-12-21(23)19-8-10-20(11-9-19)27(24,25)22-13-15-26-16-14-22/h3-12H,2,13-16H2,1H3. The molecule has 142 valence electrons. The van der Waals surface area contributed by atoms with Crippen LogP contribution in [0.25, 0.3) is 6.08 Å². The molecule has 0 aromatic heterocycles. The molecule has 0 bridgehead atoms. The number of rotatable bonds is 6. The molecule has 3 rings (SSSR count). The van der Waals surface area contributed by atoms with Crippen molar-refractivity contribution in [3.63, 3.8) is 0 Å². The first-order valence-electron chi connectivity index (χ1n) is 9.00. The summed E-state index contributed by atoms with van der Waals surface area (Å²) in [5.41, 5.74) is 2.65. The Balaban J connectivity index is 1.70. The maximum absolute atomic E-state index is 12.6. The fraction of sp³-hybridized carbons (Fsp3) is 0.286. The van der Waals surface area contributed by atoms with Crippen LogP contribution in [-0.4, -0.2) is 44.8 Å². The summed E-state index contributed by atoms with van der Waals surface area (Å²) in [7, 11) is -3.54. The Bertz CT molecular complexity index is 910. The number of hydrogen-bond acceptors (Lipinski definition) is 4. The molecule has 1 saturated heterocycles. The van der Waals surface area contributed by atoms with Crippen molar-refractivity contribution in [1.29, 1.82) is 0 Å². The van der Waals surface area contributed by atoms with Gasteiger partial charge in [0.25, 0.3) is 0 Å². The summed E-state index contributed by atoms with van der Waals surface area (Å²) in [5.74, 6) is -0.162. The minimum atomic E-state index is -3.54. The van der Waals surface area contributed by atoms with Crippen LogP contribution in [0.3, 0.4) is 0 Å². The lowest BCUT2D eigenvalue weighted by Crippen LogP contribution is -2.40. The normalized spacial score (nSPS) is 15.9. The molecule has 0 aliphatic carbocycles. The highest BCUT2D eigenvalue weighted by molar-refractivity contribution is 7.89. The van der Waals surface area contributed by atoms with Gasteiger partial charge in [-0.1, -0.05) is 37.3 Å². The average Bonchev–Trinajstić information content (AvgIpc) is 2.73. The third kappa shape index (κ3) is 4.71. The first kappa shape index (κ1) is 19.5. The Morgan fingerprint density at radius 2 is 1.67 bits per heavy atom. The largest absolute Gasteiger partial charge is 0.379 e. The molecular formula is C21H23NO4S. The lowest BCUT2D eigenvalue weighted by Gasteiger charge is -2.26. The van der Waals surface area contributed by atoms with E-state index in [0.29, 0.717) is 31.9 Å². The first-order valence-corrected chi connectivity index (χ1v) is 10.4. The number of benzene rings is 2. The summed E-state index contributed by atoms with van der Waals surface area (Å²) in [6, 6.07) is 14.1. The highest BCUT2D eigenvalue weighted by Gasteiger charge is 2.26. The molecule has 1 heterocycles. The Kier molecular flexibility index (Phi) is 6.21. The van der Waals surface area contributed by atoms with Crippen molar-refractivity contribution < 1.29 is 17.9 Å². The number of aryl methyl sites for hydroxylation is 1. The van der Waals surface area contributed by atoms with E-state index in [1.54, 1.807) is 18.2 Å². The number of morpholine rings is 1. The number of ketones is 1. The number of hydrogen-bond donors (Lipinski definition) is 0. The SMILES string of the molecule is CCc1ccc(C=CC(=O)c2ccc(S(=O)(=O)N3CCOCC3)cc2)cc1. The van der Waals surface area contributed by atoms with Crippen LogP contribution in [0, 0.1) is 0 Å². The zero-order valence-electron chi connectivity index (χ0n) is 15.3. The second-order valence-corrected chi connectivity index (χ2v) is 8.27. The van der Waals surface area contributed by atoms with Crippen LogP contribution in [0.2, 0.25) is 0 Å². The van der Waals surface area contributed by atoms with E-state index in [4.69, 9.17) is 4.74 Å². The zero-order valence-corrected chi connectivity index (χ0v) is 16.1. The molecule has 27 heavy (non-hydrogen) atoms. The van der Waals surface area contributed by atoms with Crippen LogP contribution in [0.5, 0.6) is 0 Å². The Hall–Kier alpha value is -2.28. The molecule has 2 aromatic rings. The molecule has 1 aliphatic heterocycles. The molecule has 6 heteroatoms. The van der Waals surface area contributed by atoms with Gasteiger partial charge < -0.3 is 4.74 Å². The first-order chi connectivity index (χ1) is 13.0. The van der Waals surface area contributed by atoms with E-state index >= 15 is 0 Å². The Morgan fingerprint density at radius 1 is 1.04 bits per heavy atom. The van der Waals surface area contributed by atoms with Gasteiger partial charge in [-0.2, -0.15) is 4.31 Å². The van der Waals surface area contributed by atoms with E-state index in [-0.39, 0.29) is 10.7 Å². The van der Waals surface area contributed by atoms with Crippen LogP contribution in [0.4, 0.5) is 0 Å². The molecule has 1 aliphatic rings. The number of carbonyl (C=O) groups excluding carboxylic acids is 1. The summed E-state index contributed by atoms with van der Waals surface area (Å²) in [4.78, 5) is 12.5. The molecule has 2 aromatic carbocycles. The van der Waals surface area contributed by atoms with Crippen molar-refractivity contribution >= 4 is 21.9 Å². The van der Waals surface area contributed by atoms with Crippen molar-refractivity contribution in [3.8, 4) is 0 Å². The number of sulfonamides is 1. The third-order valence-corrected chi connectivity index (χ3v) is 6.47. The molecule has 0 amide bonds. The second-order valence-electron chi connectivity index (χ2n) is 6.33. The van der Waals surface area contributed by atoms with Crippen LogP contribution >= 0.6 is 0 Å². The van der Waals surface area contributed by atoms with E-state index in [0.717, 1.165) is 12.0 Å². The van der Waals surface area contributed by atoms with Crippen molar-refractivity contribution in [2.75, 3.05) is 26.3 Å². The van der Waals surface area contributed by atoms with Gasteiger partial charge in [-0.3, -0.25) is 4.79 Å². The number of allylic oxidation sites excluding steroid dienone is 1. The minimum absolute atomic E-state index is 0.162. The van der Waals surface area contributed by atoms with E-state index in [1.165, 1.54) is 28.1 Å². The minimum Gasteiger partial charge on any atom is -0.379 e. The number of carbonyl (C=O) groups is 1. The summed E-state index contributed by atoms with van der Waals surface area (Å²) in [5, 5.41) is 0. The van der Waals surface area contributed by atoms with Crippen molar-refractivity contribution in [2.24, 2.45) is 0 Å². The van der Waals surface area contributed by atoms with Crippen LogP contribution in [0.15, 0.2) is 59.5 Å². The van der Waals surface area contributed by atoms with Gasteiger partial charge in [0.2, 0.25) is 10.0 Å². The Morgan fingerprint density at radius 3 is 2.26 bits per heavy atom. The zero-order chi connectivity index (χ0) is 19.3. The monoisotopic (exact) mass is 385 g/mol. The summed E-state index contributed by atoms with van der Waals surface area (Å²) in [6.45, 7) is 3.60. The molecule has 0 unspecified atom stereocenters. The third-order valence-electron chi connectivity index (χ3n) is 4.56. The smallest absolute Gasteiger partial charge is 0.243 e. The number of nitrogens with zero attached hydrogens (tertiary/aromatic N) is 1. The van der Waals surface area contributed by atoms with Crippen LogP contribution < -0.4 is 0 Å². The van der Waals surface area contributed by atoms with E-state index in [2.05, 4.69) is 6.92 Å². The molecule has 0 N–H and O–H groups in total. The van der Waals surface area contributed by atoms with Gasteiger partial charge in [0.05, 0.1) is 18.1 Å². The fourth-order valence-corrected chi connectivity index (χ4v) is 4.27.